The zero-order valence-electron chi connectivity index (χ0n) is 15.4. The van der Waals surface area contributed by atoms with Crippen LogP contribution in [-0.2, 0) is 4.79 Å². The molecule has 0 bridgehead atoms. The van der Waals surface area contributed by atoms with E-state index in [1.54, 1.807) is 0 Å². The Kier molecular flexibility index (Phi) is 7.31. The van der Waals surface area contributed by atoms with E-state index in [1.165, 1.54) is 11.3 Å². The molecule has 1 aromatic heterocycles. The summed E-state index contributed by atoms with van der Waals surface area (Å²) in [4.78, 5) is 26.3. The van der Waals surface area contributed by atoms with E-state index >= 15 is 0 Å². The van der Waals surface area contributed by atoms with Crippen molar-refractivity contribution in [1.29, 1.82) is 5.26 Å². The van der Waals surface area contributed by atoms with Crippen LogP contribution < -0.4 is 0 Å². The normalized spacial score (nSPS) is 11.5. The number of hydrogen-bond acceptors (Lipinski definition) is 4. The van der Waals surface area contributed by atoms with Gasteiger partial charge in [-0.2, -0.15) is 5.26 Å². The molecule has 0 radical (unpaired) electrons. The van der Waals surface area contributed by atoms with Gasteiger partial charge in [0.05, 0.1) is 0 Å². The molecule has 0 amide bonds. The van der Waals surface area contributed by atoms with E-state index in [-0.39, 0.29) is 18.0 Å². The zero-order valence-corrected chi connectivity index (χ0v) is 16.2. The summed E-state index contributed by atoms with van der Waals surface area (Å²) in [5.74, 6) is 0.0244. The van der Waals surface area contributed by atoms with Crippen LogP contribution in [0.4, 0.5) is 0 Å². The Bertz CT molecular complexity index is 753. The first-order chi connectivity index (χ1) is 11.2. The van der Waals surface area contributed by atoms with Gasteiger partial charge in [0.15, 0.2) is 11.6 Å². The Labute approximate surface area is 148 Å². The smallest absolute Gasteiger partial charge is 0.165 e. The molecule has 0 aliphatic rings. The monoisotopic (exact) mass is 343 g/mol. The predicted octanol–water partition coefficient (Wildman–Crippen LogP) is 5.46. The van der Waals surface area contributed by atoms with Gasteiger partial charge in [-0.1, -0.05) is 18.6 Å². The molecule has 0 aliphatic carbocycles. The lowest BCUT2D eigenvalue weighted by Crippen LogP contribution is -2.08. The number of rotatable bonds is 7. The van der Waals surface area contributed by atoms with Gasteiger partial charge in [0, 0.05) is 23.3 Å². The molecule has 1 rings (SSSR count). The van der Waals surface area contributed by atoms with Crippen LogP contribution in [-0.4, -0.2) is 11.6 Å². The van der Waals surface area contributed by atoms with E-state index in [2.05, 4.69) is 6.07 Å². The third-order valence-corrected chi connectivity index (χ3v) is 5.12. The third-order valence-electron chi connectivity index (χ3n) is 4.01. The molecule has 0 saturated carbocycles. The van der Waals surface area contributed by atoms with Crippen LogP contribution in [0, 0.1) is 25.2 Å². The molecule has 4 heteroatoms. The lowest BCUT2D eigenvalue weighted by atomic mass is 9.94. The van der Waals surface area contributed by atoms with E-state index < -0.39 is 0 Å². The molecule has 0 atom stereocenters. The first-order valence-corrected chi connectivity index (χ1v) is 8.95. The first kappa shape index (κ1) is 20.1. The molecule has 0 spiro atoms. The minimum atomic E-state index is -0.0557. The first-order valence-electron chi connectivity index (χ1n) is 8.14. The second-order valence-electron chi connectivity index (χ2n) is 6.18. The van der Waals surface area contributed by atoms with Crippen LogP contribution >= 0.6 is 11.3 Å². The molecule has 0 unspecified atom stereocenters. The Hall–Kier alpha value is -1.99. The molecule has 128 valence electrons. The molecular formula is C20H25NO2S. The lowest BCUT2D eigenvalue weighted by Gasteiger charge is -2.09. The van der Waals surface area contributed by atoms with Crippen molar-refractivity contribution in [2.24, 2.45) is 0 Å². The number of thiophene rings is 1. The minimum absolute atomic E-state index is 0.0557. The van der Waals surface area contributed by atoms with Crippen LogP contribution in [0.5, 0.6) is 0 Å². The lowest BCUT2D eigenvalue weighted by molar-refractivity contribution is -0.115. The van der Waals surface area contributed by atoms with Gasteiger partial charge in [-0.05, 0) is 57.7 Å². The molecule has 24 heavy (non-hydrogen) atoms. The van der Waals surface area contributed by atoms with E-state index in [0.717, 1.165) is 27.2 Å². The Morgan fingerprint density at radius 1 is 1.17 bits per heavy atom. The highest BCUT2D eigenvalue weighted by Crippen LogP contribution is 2.29. The summed E-state index contributed by atoms with van der Waals surface area (Å²) in [6.07, 6.45) is 3.08. The van der Waals surface area contributed by atoms with Crippen molar-refractivity contribution in [3.8, 4) is 6.07 Å². The number of carbonyl (C=O) groups is 2. The van der Waals surface area contributed by atoms with Gasteiger partial charge in [-0.25, -0.2) is 0 Å². The zero-order chi connectivity index (χ0) is 18.4. The maximum atomic E-state index is 12.6. The van der Waals surface area contributed by atoms with Crippen molar-refractivity contribution in [2.45, 2.75) is 60.8 Å². The number of hydrogen-bond donors (Lipinski definition) is 0. The highest BCUT2D eigenvalue weighted by molar-refractivity contribution is 7.13. The fourth-order valence-corrected chi connectivity index (χ4v) is 3.67. The number of nitriles is 1. The summed E-state index contributed by atoms with van der Waals surface area (Å²) >= 11 is 1.36. The molecule has 3 nitrogen and oxygen atoms in total. The van der Waals surface area contributed by atoms with Crippen molar-refractivity contribution in [1.82, 2.24) is 0 Å². The average Bonchev–Trinajstić information content (AvgIpc) is 2.81. The minimum Gasteiger partial charge on any atom is -0.295 e. The summed E-state index contributed by atoms with van der Waals surface area (Å²) in [5.41, 5.74) is 4.18. The summed E-state index contributed by atoms with van der Waals surface area (Å²) in [6.45, 7) is 11.5. The number of aryl methyl sites for hydroxylation is 1. The summed E-state index contributed by atoms with van der Waals surface area (Å²) in [6, 6.07) is 2.12. The van der Waals surface area contributed by atoms with Gasteiger partial charge < -0.3 is 0 Å². The largest absolute Gasteiger partial charge is 0.295 e. The highest BCUT2D eigenvalue weighted by atomic mass is 32.1. The van der Waals surface area contributed by atoms with Crippen LogP contribution in [0.1, 0.15) is 72.6 Å². The second-order valence-corrected chi connectivity index (χ2v) is 7.41. The Morgan fingerprint density at radius 2 is 1.79 bits per heavy atom. The summed E-state index contributed by atoms with van der Waals surface area (Å²) in [5, 5.41) is 9.23. The van der Waals surface area contributed by atoms with E-state index in [0.29, 0.717) is 23.3 Å². The van der Waals surface area contributed by atoms with Crippen LogP contribution in [0.15, 0.2) is 22.8 Å². The van der Waals surface area contributed by atoms with Gasteiger partial charge in [0.2, 0.25) is 0 Å². The second kappa shape index (κ2) is 8.75. The van der Waals surface area contributed by atoms with Crippen molar-refractivity contribution < 1.29 is 9.59 Å². The van der Waals surface area contributed by atoms with Gasteiger partial charge >= 0.3 is 0 Å². The third kappa shape index (κ3) is 4.75. The fourth-order valence-electron chi connectivity index (χ4n) is 2.70. The molecule has 0 fully saturated rings. The molecule has 0 N–H and O–H groups in total. The van der Waals surface area contributed by atoms with Crippen LogP contribution in [0.2, 0.25) is 0 Å². The van der Waals surface area contributed by atoms with Gasteiger partial charge in [-0.3, -0.25) is 9.59 Å². The van der Waals surface area contributed by atoms with Crippen LogP contribution in [0.3, 0.4) is 0 Å². The van der Waals surface area contributed by atoms with E-state index in [4.69, 9.17) is 0 Å². The number of Topliss-reactive ketones (excluding diaryl/α,β-unsaturated/α-hetero) is 2. The van der Waals surface area contributed by atoms with Gasteiger partial charge in [-0.15, -0.1) is 11.3 Å². The molecular weight excluding hydrogens is 318 g/mol. The number of nitrogens with zero attached hydrogens (tertiary/aromatic N) is 1. The maximum absolute atomic E-state index is 12.6. The standard InChI is InChI=1S/C20H25NO2S/c1-7-17(22)16(13(4)10-12(2)3)8-9-18(23)20-14(5)15(6)24-19(20)11-21/h10H,7-9H2,1-6H3/b16-13-. The molecule has 1 heterocycles. The number of ketones is 2. The predicted molar refractivity (Wildman–Crippen MR) is 99.5 cm³/mol. The van der Waals surface area contributed by atoms with E-state index in [1.807, 2.05) is 47.6 Å². The number of carbonyl (C=O) groups excluding carboxylic acids is 2. The SMILES string of the molecule is CCC(=O)/C(CCC(=O)c1c(C#N)sc(C)c1C)=C(/C)C=C(C)C. The van der Waals surface area contributed by atoms with E-state index in [9.17, 15) is 14.9 Å². The van der Waals surface area contributed by atoms with Crippen molar-refractivity contribution in [2.75, 3.05) is 0 Å². The fraction of sp³-hybridized carbons (Fsp3) is 0.450. The number of allylic oxidation sites excluding steroid dienone is 4. The topological polar surface area (TPSA) is 57.9 Å². The van der Waals surface area contributed by atoms with Crippen LogP contribution in [0.25, 0.3) is 0 Å². The molecule has 0 aromatic carbocycles. The molecule has 0 aliphatic heterocycles. The van der Waals surface area contributed by atoms with Gasteiger partial charge in [0.1, 0.15) is 10.9 Å². The summed E-state index contributed by atoms with van der Waals surface area (Å²) in [7, 11) is 0. The van der Waals surface area contributed by atoms with Gasteiger partial charge in [0.25, 0.3) is 0 Å². The van der Waals surface area contributed by atoms with Crippen molar-refractivity contribution in [3.63, 3.8) is 0 Å². The Morgan fingerprint density at radius 3 is 2.29 bits per heavy atom. The quantitative estimate of drug-likeness (QED) is 0.375. The summed E-state index contributed by atoms with van der Waals surface area (Å²) < 4.78 is 0. The average molecular weight is 343 g/mol. The van der Waals surface area contributed by atoms with Crippen molar-refractivity contribution in [3.05, 3.63) is 43.7 Å². The highest BCUT2D eigenvalue weighted by Gasteiger charge is 2.20. The van der Waals surface area contributed by atoms with Crippen molar-refractivity contribution >= 4 is 22.9 Å². The Balaban J connectivity index is 3.09. The molecule has 0 saturated heterocycles. The maximum Gasteiger partial charge on any atom is 0.165 e. The molecule has 1 aromatic rings.